The van der Waals surface area contributed by atoms with Crippen molar-refractivity contribution in [2.24, 2.45) is 5.92 Å². The fraction of sp³-hybridized carbons (Fsp3) is 0.600. The molecule has 0 atom stereocenters. The van der Waals surface area contributed by atoms with Gasteiger partial charge in [-0.15, -0.1) is 0 Å². The van der Waals surface area contributed by atoms with Crippen LogP contribution in [0.1, 0.15) is 12.8 Å². The van der Waals surface area contributed by atoms with Gasteiger partial charge in [0.15, 0.2) is 0 Å². The smallest absolute Gasteiger partial charge is 0.224 e. The highest BCUT2D eigenvalue weighted by Gasteiger charge is 2.13. The standard InChI is InChI=1S/C10H14ClN3S/c11-10-12-4-1-9(14-10)13-7-8-2-5-15-6-3-8/h1,4,8H,2-3,5-7H2,(H,12,13,14). The van der Waals surface area contributed by atoms with Crippen molar-refractivity contribution >= 4 is 29.2 Å². The molecule has 0 saturated carbocycles. The second-order valence-electron chi connectivity index (χ2n) is 3.65. The Morgan fingerprint density at radius 3 is 3.00 bits per heavy atom. The monoisotopic (exact) mass is 243 g/mol. The molecule has 82 valence electrons. The molecule has 0 aliphatic carbocycles. The molecule has 2 rings (SSSR count). The van der Waals surface area contributed by atoms with Gasteiger partial charge in [-0.2, -0.15) is 11.8 Å². The van der Waals surface area contributed by atoms with Gasteiger partial charge in [-0.25, -0.2) is 9.97 Å². The maximum atomic E-state index is 5.70. The van der Waals surface area contributed by atoms with Crippen LogP contribution >= 0.6 is 23.4 Å². The summed E-state index contributed by atoms with van der Waals surface area (Å²) in [6.45, 7) is 0.994. The third-order valence-electron chi connectivity index (χ3n) is 2.54. The van der Waals surface area contributed by atoms with Crippen molar-refractivity contribution in [3.8, 4) is 0 Å². The molecule has 0 aromatic carbocycles. The molecule has 0 bridgehead atoms. The van der Waals surface area contributed by atoms with Gasteiger partial charge in [0.2, 0.25) is 5.28 Å². The zero-order valence-corrected chi connectivity index (χ0v) is 10.0. The van der Waals surface area contributed by atoms with Crippen LogP contribution in [0.4, 0.5) is 5.82 Å². The van der Waals surface area contributed by atoms with Crippen LogP contribution in [0.25, 0.3) is 0 Å². The second kappa shape index (κ2) is 5.56. The molecule has 5 heteroatoms. The predicted molar refractivity (Wildman–Crippen MR) is 65.6 cm³/mol. The molecule has 1 aliphatic heterocycles. The van der Waals surface area contributed by atoms with Crippen molar-refractivity contribution < 1.29 is 0 Å². The van der Waals surface area contributed by atoms with E-state index < -0.39 is 0 Å². The molecule has 1 aromatic heterocycles. The highest BCUT2D eigenvalue weighted by atomic mass is 35.5. The number of hydrogen-bond donors (Lipinski definition) is 1. The molecule has 1 aliphatic rings. The van der Waals surface area contributed by atoms with Crippen LogP contribution in [0.15, 0.2) is 12.3 Å². The Bertz CT molecular complexity index is 315. The number of nitrogens with zero attached hydrogens (tertiary/aromatic N) is 2. The van der Waals surface area contributed by atoms with Crippen LogP contribution in [0.2, 0.25) is 5.28 Å². The molecule has 1 fully saturated rings. The summed E-state index contributed by atoms with van der Waals surface area (Å²) >= 11 is 7.75. The minimum Gasteiger partial charge on any atom is -0.370 e. The lowest BCUT2D eigenvalue weighted by Crippen LogP contribution is -2.19. The summed E-state index contributed by atoms with van der Waals surface area (Å²) in [5.74, 6) is 4.18. The van der Waals surface area contributed by atoms with Crippen molar-refractivity contribution in [2.75, 3.05) is 23.4 Å². The van der Waals surface area contributed by atoms with E-state index in [-0.39, 0.29) is 0 Å². The summed E-state index contributed by atoms with van der Waals surface area (Å²) in [5, 5.41) is 3.62. The van der Waals surface area contributed by atoms with Gasteiger partial charge in [0, 0.05) is 12.7 Å². The van der Waals surface area contributed by atoms with Gasteiger partial charge in [-0.05, 0) is 47.9 Å². The number of aromatic nitrogens is 2. The normalized spacial score (nSPS) is 17.7. The summed E-state index contributed by atoms with van der Waals surface area (Å²) < 4.78 is 0. The van der Waals surface area contributed by atoms with E-state index in [1.165, 1.54) is 24.3 Å². The van der Waals surface area contributed by atoms with E-state index in [2.05, 4.69) is 15.3 Å². The summed E-state index contributed by atoms with van der Waals surface area (Å²) in [7, 11) is 0. The Hall–Kier alpha value is -0.480. The van der Waals surface area contributed by atoms with Crippen molar-refractivity contribution in [3.63, 3.8) is 0 Å². The molecule has 0 amide bonds. The maximum Gasteiger partial charge on any atom is 0.224 e. The average molecular weight is 244 g/mol. The van der Waals surface area contributed by atoms with Gasteiger partial charge < -0.3 is 5.32 Å². The fourth-order valence-corrected chi connectivity index (χ4v) is 2.98. The average Bonchev–Trinajstić information content (AvgIpc) is 2.28. The number of hydrogen-bond acceptors (Lipinski definition) is 4. The summed E-state index contributed by atoms with van der Waals surface area (Å²) in [6.07, 6.45) is 4.28. The topological polar surface area (TPSA) is 37.8 Å². The van der Waals surface area contributed by atoms with Gasteiger partial charge in [0.05, 0.1) is 0 Å². The van der Waals surface area contributed by atoms with E-state index in [9.17, 15) is 0 Å². The van der Waals surface area contributed by atoms with Crippen molar-refractivity contribution in [3.05, 3.63) is 17.5 Å². The van der Waals surface area contributed by atoms with Gasteiger partial charge in [-0.1, -0.05) is 0 Å². The van der Waals surface area contributed by atoms with Crippen molar-refractivity contribution in [1.82, 2.24) is 9.97 Å². The number of anilines is 1. The lowest BCUT2D eigenvalue weighted by molar-refractivity contribution is 0.515. The first-order chi connectivity index (χ1) is 7.34. The van der Waals surface area contributed by atoms with E-state index in [1.54, 1.807) is 6.20 Å². The van der Waals surface area contributed by atoms with E-state index in [1.807, 2.05) is 17.8 Å². The maximum absolute atomic E-state index is 5.70. The van der Waals surface area contributed by atoms with Crippen LogP contribution in [-0.2, 0) is 0 Å². The van der Waals surface area contributed by atoms with Crippen LogP contribution < -0.4 is 5.32 Å². The van der Waals surface area contributed by atoms with Gasteiger partial charge >= 0.3 is 0 Å². The van der Waals surface area contributed by atoms with E-state index in [0.717, 1.165) is 18.3 Å². The number of thioether (sulfide) groups is 1. The Kier molecular flexibility index (Phi) is 4.09. The molecule has 2 heterocycles. The second-order valence-corrected chi connectivity index (χ2v) is 5.21. The molecule has 15 heavy (non-hydrogen) atoms. The molecule has 0 spiro atoms. The first-order valence-corrected chi connectivity index (χ1v) is 6.68. The highest BCUT2D eigenvalue weighted by Crippen LogP contribution is 2.22. The zero-order valence-electron chi connectivity index (χ0n) is 8.45. The lowest BCUT2D eigenvalue weighted by Gasteiger charge is -2.21. The number of nitrogens with one attached hydrogen (secondary N) is 1. The van der Waals surface area contributed by atoms with E-state index in [4.69, 9.17) is 11.6 Å². The summed E-state index contributed by atoms with van der Waals surface area (Å²) in [6, 6.07) is 1.85. The SMILES string of the molecule is Clc1nccc(NCC2CCSCC2)n1. The van der Waals surface area contributed by atoms with Crippen LogP contribution in [0, 0.1) is 5.92 Å². The number of rotatable bonds is 3. The largest absolute Gasteiger partial charge is 0.370 e. The minimum absolute atomic E-state index is 0.305. The van der Waals surface area contributed by atoms with Crippen molar-refractivity contribution in [1.29, 1.82) is 0 Å². The molecule has 1 N–H and O–H groups in total. The molecule has 0 radical (unpaired) electrons. The van der Waals surface area contributed by atoms with Crippen LogP contribution in [0.5, 0.6) is 0 Å². The Morgan fingerprint density at radius 2 is 2.27 bits per heavy atom. The molecular weight excluding hydrogens is 230 g/mol. The third-order valence-corrected chi connectivity index (χ3v) is 3.77. The van der Waals surface area contributed by atoms with Crippen LogP contribution in [-0.4, -0.2) is 28.0 Å². The Morgan fingerprint density at radius 1 is 1.47 bits per heavy atom. The fourth-order valence-electron chi connectivity index (χ4n) is 1.63. The molecule has 0 unspecified atom stereocenters. The third kappa shape index (κ3) is 3.54. The Balaban J connectivity index is 1.81. The minimum atomic E-state index is 0.305. The lowest BCUT2D eigenvalue weighted by atomic mass is 10.0. The van der Waals surface area contributed by atoms with Crippen molar-refractivity contribution in [2.45, 2.75) is 12.8 Å². The first-order valence-electron chi connectivity index (χ1n) is 5.15. The molecular formula is C10H14ClN3S. The zero-order chi connectivity index (χ0) is 10.5. The van der Waals surface area contributed by atoms with Gasteiger partial charge in [-0.3, -0.25) is 0 Å². The molecule has 1 aromatic rings. The van der Waals surface area contributed by atoms with Gasteiger partial charge in [0.1, 0.15) is 5.82 Å². The first kappa shape index (κ1) is 11.0. The summed E-state index contributed by atoms with van der Waals surface area (Å²) in [4.78, 5) is 7.94. The molecule has 3 nitrogen and oxygen atoms in total. The Labute approximate surface area is 99.0 Å². The van der Waals surface area contributed by atoms with E-state index in [0.29, 0.717) is 5.28 Å². The van der Waals surface area contributed by atoms with Gasteiger partial charge in [0.25, 0.3) is 0 Å². The van der Waals surface area contributed by atoms with E-state index >= 15 is 0 Å². The predicted octanol–water partition coefficient (Wildman–Crippen LogP) is 2.69. The highest BCUT2D eigenvalue weighted by molar-refractivity contribution is 7.99. The number of halogens is 1. The quantitative estimate of drug-likeness (QED) is 0.829. The van der Waals surface area contributed by atoms with Crippen LogP contribution in [0.3, 0.4) is 0 Å². The molecule has 1 saturated heterocycles. The summed E-state index contributed by atoms with van der Waals surface area (Å²) in [5.41, 5.74) is 0.